The molecule has 0 heterocycles. The summed E-state index contributed by atoms with van der Waals surface area (Å²) in [6.07, 6.45) is 1.94. The van der Waals surface area contributed by atoms with Gasteiger partial charge in [0.05, 0.1) is 12.2 Å². The first kappa shape index (κ1) is 20.7. The van der Waals surface area contributed by atoms with Crippen LogP contribution < -0.4 is 5.32 Å². The molecule has 0 saturated carbocycles. The van der Waals surface area contributed by atoms with Crippen LogP contribution in [0.1, 0.15) is 18.9 Å². The number of rotatable bonds is 8. The van der Waals surface area contributed by atoms with Crippen LogP contribution in [0.25, 0.3) is 6.08 Å². The van der Waals surface area contributed by atoms with Gasteiger partial charge in [-0.25, -0.2) is 17.2 Å². The van der Waals surface area contributed by atoms with E-state index in [1.807, 2.05) is 6.07 Å². The van der Waals surface area contributed by atoms with Crippen molar-refractivity contribution in [2.45, 2.75) is 13.3 Å². The van der Waals surface area contributed by atoms with Gasteiger partial charge in [-0.1, -0.05) is 37.3 Å². The van der Waals surface area contributed by atoms with Gasteiger partial charge in [-0.05, 0) is 30.2 Å². The molecule has 8 heteroatoms. The molecule has 27 heavy (non-hydrogen) atoms. The van der Waals surface area contributed by atoms with E-state index < -0.39 is 34.1 Å². The van der Waals surface area contributed by atoms with Gasteiger partial charge in [0.15, 0.2) is 0 Å². The van der Waals surface area contributed by atoms with Crippen molar-refractivity contribution >= 4 is 27.7 Å². The van der Waals surface area contributed by atoms with Gasteiger partial charge < -0.3 is 5.32 Å². The third-order valence-corrected chi connectivity index (χ3v) is 5.10. The Morgan fingerprint density at radius 1 is 1.15 bits per heavy atom. The zero-order valence-electron chi connectivity index (χ0n) is 14.7. The maximum atomic E-state index is 13.6. The molecule has 1 N–H and O–H groups in total. The lowest BCUT2D eigenvalue weighted by atomic mass is 10.2. The normalized spacial score (nSPS) is 11.9. The summed E-state index contributed by atoms with van der Waals surface area (Å²) in [5, 5.41) is 3.29. The first-order chi connectivity index (χ1) is 12.8. The molecule has 0 aliphatic heterocycles. The summed E-state index contributed by atoms with van der Waals surface area (Å²) in [5.41, 5.74) is 0.491. The second-order valence-corrected chi connectivity index (χ2v) is 7.58. The fraction of sp³-hybridized carbons (Fsp3) is 0.211. The smallest absolute Gasteiger partial charge is 0.239 e. The highest BCUT2D eigenvalue weighted by molar-refractivity contribution is 7.92. The molecule has 0 aromatic heterocycles. The molecule has 0 aliphatic rings. The summed E-state index contributed by atoms with van der Waals surface area (Å²) in [7, 11) is -3.85. The zero-order chi connectivity index (χ0) is 19.9. The molecule has 144 valence electrons. The standard InChI is InChI=1S/C19H20F2N2O3S/c1-2-11-23(27(25,26)12-10-15-6-4-3-5-7-15)14-19(24)22-18-9-8-16(20)13-17(18)21/h3-10,12-13H,2,11,14H2,1H3,(H,22,24). The summed E-state index contributed by atoms with van der Waals surface area (Å²) in [6.45, 7) is 1.42. The second kappa shape index (κ2) is 9.38. The van der Waals surface area contributed by atoms with Gasteiger partial charge >= 0.3 is 0 Å². The van der Waals surface area contributed by atoms with Gasteiger partial charge in [0.1, 0.15) is 11.6 Å². The van der Waals surface area contributed by atoms with Crippen LogP contribution in [0.15, 0.2) is 53.9 Å². The van der Waals surface area contributed by atoms with Crippen LogP contribution in [0.4, 0.5) is 14.5 Å². The summed E-state index contributed by atoms with van der Waals surface area (Å²) in [5.74, 6) is -2.42. The zero-order valence-corrected chi connectivity index (χ0v) is 15.5. The number of anilines is 1. The van der Waals surface area contributed by atoms with E-state index in [2.05, 4.69) is 5.32 Å². The lowest BCUT2D eigenvalue weighted by Gasteiger charge is -2.19. The SMILES string of the molecule is CCCN(CC(=O)Nc1ccc(F)cc1F)S(=O)(=O)C=Cc1ccccc1. The van der Waals surface area contributed by atoms with Gasteiger partial charge in [0, 0.05) is 18.0 Å². The first-order valence-corrected chi connectivity index (χ1v) is 9.80. The van der Waals surface area contributed by atoms with E-state index in [-0.39, 0.29) is 12.2 Å². The summed E-state index contributed by atoms with van der Waals surface area (Å²) in [4.78, 5) is 12.2. The second-order valence-electron chi connectivity index (χ2n) is 5.76. The van der Waals surface area contributed by atoms with Crippen molar-refractivity contribution < 1.29 is 22.0 Å². The number of sulfonamides is 1. The molecule has 5 nitrogen and oxygen atoms in total. The van der Waals surface area contributed by atoms with E-state index in [4.69, 9.17) is 0 Å². The number of benzene rings is 2. The highest BCUT2D eigenvalue weighted by Crippen LogP contribution is 2.15. The molecule has 2 aromatic carbocycles. The van der Waals surface area contributed by atoms with E-state index in [9.17, 15) is 22.0 Å². The van der Waals surface area contributed by atoms with Crippen LogP contribution >= 0.6 is 0 Å². The number of amides is 1. The highest BCUT2D eigenvalue weighted by atomic mass is 32.2. The Labute approximate surface area is 157 Å². The fourth-order valence-electron chi connectivity index (χ4n) is 2.30. The Morgan fingerprint density at radius 3 is 2.48 bits per heavy atom. The largest absolute Gasteiger partial charge is 0.322 e. The maximum absolute atomic E-state index is 13.6. The van der Waals surface area contributed by atoms with Crippen LogP contribution in [0.2, 0.25) is 0 Å². The lowest BCUT2D eigenvalue weighted by Crippen LogP contribution is -2.37. The van der Waals surface area contributed by atoms with E-state index in [0.717, 1.165) is 21.8 Å². The van der Waals surface area contributed by atoms with Gasteiger partial charge in [-0.3, -0.25) is 4.79 Å². The molecule has 0 atom stereocenters. The molecule has 0 bridgehead atoms. The number of halogens is 2. The van der Waals surface area contributed by atoms with Crippen LogP contribution in [-0.2, 0) is 14.8 Å². The molecule has 0 radical (unpaired) electrons. The molecule has 2 rings (SSSR count). The monoisotopic (exact) mass is 394 g/mol. The minimum absolute atomic E-state index is 0.126. The summed E-state index contributed by atoms with van der Waals surface area (Å²) in [6, 6.07) is 11.6. The Hall–Kier alpha value is -2.58. The van der Waals surface area contributed by atoms with Crippen molar-refractivity contribution in [1.29, 1.82) is 0 Å². The van der Waals surface area contributed by atoms with Crippen molar-refractivity contribution in [1.82, 2.24) is 4.31 Å². The van der Waals surface area contributed by atoms with Crippen molar-refractivity contribution in [2.75, 3.05) is 18.4 Å². The Kier molecular flexibility index (Phi) is 7.20. The predicted octanol–water partition coefficient (Wildman–Crippen LogP) is 3.62. The van der Waals surface area contributed by atoms with Gasteiger partial charge in [-0.2, -0.15) is 4.31 Å². The summed E-state index contributed by atoms with van der Waals surface area (Å²) < 4.78 is 52.6. The molecular weight excluding hydrogens is 374 g/mol. The number of nitrogens with zero attached hydrogens (tertiary/aromatic N) is 1. The Morgan fingerprint density at radius 2 is 1.85 bits per heavy atom. The average Bonchev–Trinajstić information content (AvgIpc) is 2.63. The Bertz CT molecular complexity index is 916. The molecule has 2 aromatic rings. The predicted molar refractivity (Wildman–Crippen MR) is 101 cm³/mol. The maximum Gasteiger partial charge on any atom is 0.239 e. The number of hydrogen-bond acceptors (Lipinski definition) is 3. The fourth-order valence-corrected chi connectivity index (χ4v) is 3.54. The molecule has 0 aliphatic carbocycles. The average molecular weight is 394 g/mol. The highest BCUT2D eigenvalue weighted by Gasteiger charge is 2.22. The van der Waals surface area contributed by atoms with Crippen LogP contribution in [-0.4, -0.2) is 31.7 Å². The third kappa shape index (κ3) is 6.26. The van der Waals surface area contributed by atoms with Gasteiger partial charge in [0.2, 0.25) is 15.9 Å². The van der Waals surface area contributed by atoms with E-state index in [1.54, 1.807) is 31.2 Å². The van der Waals surface area contributed by atoms with Crippen molar-refractivity contribution in [3.8, 4) is 0 Å². The number of hydrogen-bond donors (Lipinski definition) is 1. The van der Waals surface area contributed by atoms with Crippen LogP contribution in [0.3, 0.4) is 0 Å². The molecule has 0 spiro atoms. The molecule has 0 saturated heterocycles. The van der Waals surface area contributed by atoms with E-state index in [1.165, 1.54) is 6.08 Å². The van der Waals surface area contributed by atoms with Crippen LogP contribution in [0, 0.1) is 11.6 Å². The third-order valence-electron chi connectivity index (χ3n) is 3.59. The summed E-state index contributed by atoms with van der Waals surface area (Å²) >= 11 is 0. The quantitative estimate of drug-likeness (QED) is 0.744. The minimum atomic E-state index is -3.85. The van der Waals surface area contributed by atoms with Gasteiger partial charge in [-0.15, -0.1) is 0 Å². The van der Waals surface area contributed by atoms with E-state index >= 15 is 0 Å². The van der Waals surface area contributed by atoms with Crippen molar-refractivity contribution in [3.05, 3.63) is 71.1 Å². The topological polar surface area (TPSA) is 66.5 Å². The lowest BCUT2D eigenvalue weighted by molar-refractivity contribution is -0.116. The molecule has 0 unspecified atom stereocenters. The van der Waals surface area contributed by atoms with Crippen molar-refractivity contribution in [2.24, 2.45) is 0 Å². The number of carbonyl (C=O) groups excluding carboxylic acids is 1. The molecular formula is C19H20F2N2O3S. The number of carbonyl (C=O) groups is 1. The van der Waals surface area contributed by atoms with Crippen molar-refractivity contribution in [3.63, 3.8) is 0 Å². The van der Waals surface area contributed by atoms with Gasteiger partial charge in [0.25, 0.3) is 0 Å². The van der Waals surface area contributed by atoms with Crippen LogP contribution in [0.5, 0.6) is 0 Å². The molecule has 1 amide bonds. The van der Waals surface area contributed by atoms with E-state index in [0.29, 0.717) is 18.1 Å². The minimum Gasteiger partial charge on any atom is -0.322 e. The number of nitrogens with one attached hydrogen (secondary N) is 1. The molecule has 0 fully saturated rings. The Balaban J connectivity index is 2.11. The first-order valence-electron chi connectivity index (χ1n) is 8.30.